The molecule has 1 aromatic rings. The molecule has 0 fully saturated rings. The van der Waals surface area contributed by atoms with Gasteiger partial charge in [0.25, 0.3) is 0 Å². The highest BCUT2D eigenvalue weighted by Crippen LogP contribution is 2.18. The highest BCUT2D eigenvalue weighted by atomic mass is 16.5. The molecular weight excluding hydrogens is 218 g/mol. The predicted molar refractivity (Wildman–Crippen MR) is 66.0 cm³/mol. The van der Waals surface area contributed by atoms with E-state index in [0.29, 0.717) is 11.7 Å². The van der Waals surface area contributed by atoms with Crippen LogP contribution >= 0.6 is 0 Å². The van der Waals surface area contributed by atoms with Crippen LogP contribution in [-0.4, -0.2) is 24.4 Å². The summed E-state index contributed by atoms with van der Waals surface area (Å²) in [6.07, 6.45) is -0.768. The average Bonchev–Trinajstić information content (AvgIpc) is 2.34. The Labute approximate surface area is 101 Å². The third-order valence-electron chi connectivity index (χ3n) is 2.34. The standard InChI is InChI=1S/C12H17N3O2/c1-9(2)10-3-5-12(6-4-10)17-8-11(16)7-14-15-13/h3-6,9,11,16H,7-8H2,1-2H3. The molecule has 1 atom stereocenters. The first-order valence-corrected chi connectivity index (χ1v) is 5.55. The topological polar surface area (TPSA) is 78.2 Å². The van der Waals surface area contributed by atoms with E-state index in [4.69, 9.17) is 10.3 Å². The van der Waals surface area contributed by atoms with E-state index in [1.165, 1.54) is 5.56 Å². The van der Waals surface area contributed by atoms with Gasteiger partial charge in [0.1, 0.15) is 12.4 Å². The second-order valence-corrected chi connectivity index (χ2v) is 4.10. The number of rotatable bonds is 6. The zero-order valence-corrected chi connectivity index (χ0v) is 10.1. The minimum Gasteiger partial charge on any atom is -0.491 e. The molecule has 0 amide bonds. The number of ether oxygens (including phenoxy) is 1. The van der Waals surface area contributed by atoms with Crippen LogP contribution in [0.25, 0.3) is 10.4 Å². The van der Waals surface area contributed by atoms with E-state index in [-0.39, 0.29) is 13.2 Å². The lowest BCUT2D eigenvalue weighted by atomic mass is 10.0. The molecule has 1 unspecified atom stereocenters. The normalized spacial score (nSPS) is 12.0. The minimum absolute atomic E-state index is 0.0284. The van der Waals surface area contributed by atoms with Gasteiger partial charge in [-0.05, 0) is 29.1 Å². The van der Waals surface area contributed by atoms with E-state index in [9.17, 15) is 5.11 Å². The first kappa shape index (κ1) is 13.4. The van der Waals surface area contributed by atoms with Gasteiger partial charge in [0.2, 0.25) is 0 Å². The van der Waals surface area contributed by atoms with Crippen LogP contribution in [-0.2, 0) is 0 Å². The molecule has 0 heterocycles. The fourth-order valence-electron chi connectivity index (χ4n) is 1.32. The smallest absolute Gasteiger partial charge is 0.119 e. The van der Waals surface area contributed by atoms with E-state index < -0.39 is 6.10 Å². The SMILES string of the molecule is CC(C)c1ccc(OCC(O)CN=[N+]=[N-])cc1. The summed E-state index contributed by atoms with van der Waals surface area (Å²) in [5.74, 6) is 1.19. The quantitative estimate of drug-likeness (QED) is 0.467. The molecule has 0 spiro atoms. The average molecular weight is 235 g/mol. The van der Waals surface area contributed by atoms with Crippen molar-refractivity contribution >= 4 is 0 Å². The molecule has 0 aromatic heterocycles. The molecule has 0 bridgehead atoms. The number of azide groups is 1. The second-order valence-electron chi connectivity index (χ2n) is 4.10. The van der Waals surface area contributed by atoms with Gasteiger partial charge < -0.3 is 9.84 Å². The Balaban J connectivity index is 2.44. The first-order chi connectivity index (χ1) is 8.13. The maximum atomic E-state index is 9.39. The number of nitrogens with zero attached hydrogens (tertiary/aromatic N) is 3. The van der Waals surface area contributed by atoms with Gasteiger partial charge in [-0.2, -0.15) is 0 Å². The van der Waals surface area contributed by atoms with Gasteiger partial charge >= 0.3 is 0 Å². The Morgan fingerprint density at radius 3 is 2.53 bits per heavy atom. The van der Waals surface area contributed by atoms with Gasteiger partial charge in [0.15, 0.2) is 0 Å². The molecule has 0 aliphatic carbocycles. The summed E-state index contributed by atoms with van der Waals surface area (Å²) in [7, 11) is 0. The second kappa shape index (κ2) is 6.78. The third-order valence-corrected chi connectivity index (χ3v) is 2.34. The summed E-state index contributed by atoms with van der Waals surface area (Å²) < 4.78 is 5.37. The fraction of sp³-hybridized carbons (Fsp3) is 0.500. The Kier molecular flexibility index (Phi) is 5.33. The molecule has 5 nitrogen and oxygen atoms in total. The van der Waals surface area contributed by atoms with Gasteiger partial charge in [0.05, 0.1) is 12.6 Å². The fourth-order valence-corrected chi connectivity index (χ4v) is 1.32. The van der Waals surface area contributed by atoms with Gasteiger partial charge in [-0.25, -0.2) is 0 Å². The van der Waals surface area contributed by atoms with Crippen LogP contribution in [0.3, 0.4) is 0 Å². The monoisotopic (exact) mass is 235 g/mol. The zero-order chi connectivity index (χ0) is 12.7. The van der Waals surface area contributed by atoms with Gasteiger partial charge in [-0.15, -0.1) is 0 Å². The summed E-state index contributed by atoms with van der Waals surface area (Å²) in [6.45, 7) is 4.40. The molecule has 0 aliphatic rings. The van der Waals surface area contributed by atoms with Gasteiger partial charge in [0, 0.05) is 4.91 Å². The van der Waals surface area contributed by atoms with Crippen LogP contribution in [0.5, 0.6) is 5.75 Å². The van der Waals surface area contributed by atoms with Crippen LogP contribution in [0.1, 0.15) is 25.3 Å². The van der Waals surface area contributed by atoms with Crippen molar-refractivity contribution in [2.45, 2.75) is 25.9 Å². The molecule has 0 saturated heterocycles. The van der Waals surface area contributed by atoms with Crippen molar-refractivity contribution in [3.8, 4) is 5.75 Å². The van der Waals surface area contributed by atoms with Crippen LogP contribution < -0.4 is 4.74 Å². The largest absolute Gasteiger partial charge is 0.491 e. The summed E-state index contributed by atoms with van der Waals surface area (Å²) in [4.78, 5) is 2.57. The third kappa shape index (κ3) is 4.76. The van der Waals surface area contributed by atoms with Gasteiger partial charge in [-0.3, -0.25) is 0 Å². The van der Waals surface area contributed by atoms with E-state index in [1.807, 2.05) is 24.3 Å². The van der Waals surface area contributed by atoms with E-state index in [2.05, 4.69) is 23.9 Å². The van der Waals surface area contributed by atoms with Crippen molar-refractivity contribution in [1.29, 1.82) is 0 Å². The molecule has 1 rings (SSSR count). The van der Waals surface area contributed by atoms with Gasteiger partial charge in [-0.1, -0.05) is 31.1 Å². The molecule has 0 aliphatic heterocycles. The van der Waals surface area contributed by atoms with Crippen molar-refractivity contribution in [1.82, 2.24) is 0 Å². The van der Waals surface area contributed by atoms with Crippen molar-refractivity contribution < 1.29 is 9.84 Å². The Morgan fingerprint density at radius 2 is 2.00 bits per heavy atom. The van der Waals surface area contributed by atoms with Crippen molar-refractivity contribution in [2.75, 3.05) is 13.2 Å². The Bertz CT molecular complexity index is 383. The summed E-state index contributed by atoms with van der Waals surface area (Å²) in [5.41, 5.74) is 9.33. The molecule has 17 heavy (non-hydrogen) atoms. The maximum Gasteiger partial charge on any atom is 0.119 e. The summed E-state index contributed by atoms with van der Waals surface area (Å²) in [6, 6.07) is 7.74. The highest BCUT2D eigenvalue weighted by Gasteiger charge is 2.04. The molecular formula is C12H17N3O2. The maximum absolute atomic E-state index is 9.39. The minimum atomic E-state index is -0.768. The number of benzene rings is 1. The lowest BCUT2D eigenvalue weighted by molar-refractivity contribution is 0.114. The van der Waals surface area contributed by atoms with Crippen molar-refractivity contribution in [3.05, 3.63) is 40.3 Å². The van der Waals surface area contributed by atoms with Crippen molar-refractivity contribution in [2.24, 2.45) is 5.11 Å². The number of hydrogen-bond acceptors (Lipinski definition) is 3. The van der Waals surface area contributed by atoms with Crippen LogP contribution in [0.2, 0.25) is 0 Å². The molecule has 5 heteroatoms. The van der Waals surface area contributed by atoms with Crippen LogP contribution in [0.4, 0.5) is 0 Å². The molecule has 92 valence electrons. The highest BCUT2D eigenvalue weighted by molar-refractivity contribution is 5.28. The summed E-state index contributed by atoms with van der Waals surface area (Å²) in [5, 5.41) is 12.7. The zero-order valence-electron chi connectivity index (χ0n) is 10.1. The van der Waals surface area contributed by atoms with E-state index >= 15 is 0 Å². The number of hydrogen-bond donors (Lipinski definition) is 1. The summed E-state index contributed by atoms with van der Waals surface area (Å²) >= 11 is 0. The number of aliphatic hydroxyl groups is 1. The lowest BCUT2D eigenvalue weighted by Gasteiger charge is -2.11. The number of aliphatic hydroxyl groups excluding tert-OH is 1. The predicted octanol–water partition coefficient (Wildman–Crippen LogP) is 2.86. The van der Waals surface area contributed by atoms with Crippen molar-refractivity contribution in [3.63, 3.8) is 0 Å². The Morgan fingerprint density at radius 1 is 1.35 bits per heavy atom. The molecule has 1 N–H and O–H groups in total. The first-order valence-electron chi connectivity index (χ1n) is 5.55. The van der Waals surface area contributed by atoms with Crippen LogP contribution in [0, 0.1) is 0 Å². The van der Waals surface area contributed by atoms with E-state index in [1.54, 1.807) is 0 Å². The molecule has 1 aromatic carbocycles. The van der Waals surface area contributed by atoms with E-state index in [0.717, 1.165) is 0 Å². The molecule has 0 radical (unpaired) electrons. The molecule has 0 saturated carbocycles. The Hall–Kier alpha value is -1.71. The van der Waals surface area contributed by atoms with Crippen LogP contribution in [0.15, 0.2) is 29.4 Å². The lowest BCUT2D eigenvalue weighted by Crippen LogP contribution is -2.20.